The number of nitrogens with one attached hydrogen (secondary N) is 1. The van der Waals surface area contributed by atoms with E-state index in [1.807, 2.05) is 6.92 Å². The Balaban J connectivity index is 2.10. The maximum Gasteiger partial charge on any atom is 0.271 e. The van der Waals surface area contributed by atoms with Gasteiger partial charge in [0.1, 0.15) is 18.1 Å². The van der Waals surface area contributed by atoms with Crippen molar-refractivity contribution in [2.45, 2.75) is 6.92 Å². The minimum atomic E-state index is -0.396. The Hall–Kier alpha value is -3.66. The van der Waals surface area contributed by atoms with Crippen LogP contribution in [0.25, 0.3) is 0 Å². The maximum absolute atomic E-state index is 12.3. The van der Waals surface area contributed by atoms with E-state index in [-0.39, 0.29) is 6.61 Å². The first kappa shape index (κ1) is 20.6. The van der Waals surface area contributed by atoms with Crippen LogP contribution < -0.4 is 24.4 Å². The summed E-state index contributed by atoms with van der Waals surface area (Å²) in [5.41, 5.74) is 3.56. The zero-order valence-corrected chi connectivity index (χ0v) is 16.0. The lowest BCUT2D eigenvalue weighted by Gasteiger charge is -2.10. The highest BCUT2D eigenvalue weighted by molar-refractivity contribution is 5.95. The first-order valence-corrected chi connectivity index (χ1v) is 8.50. The summed E-state index contributed by atoms with van der Waals surface area (Å²) < 4.78 is 21.3. The molecule has 1 N–H and O–H groups in total. The molecule has 0 saturated carbocycles. The summed E-state index contributed by atoms with van der Waals surface area (Å²) in [5, 5.41) is 3.99. The number of carbonyl (C=O) groups excluding carboxylic acids is 1. The van der Waals surface area contributed by atoms with Gasteiger partial charge in [0, 0.05) is 11.6 Å². The Morgan fingerprint density at radius 3 is 2.43 bits per heavy atom. The Bertz CT molecular complexity index is 865. The van der Waals surface area contributed by atoms with Crippen molar-refractivity contribution in [1.29, 1.82) is 0 Å². The zero-order chi connectivity index (χ0) is 20.4. The molecule has 0 bridgehead atoms. The van der Waals surface area contributed by atoms with Crippen LogP contribution in [-0.2, 0) is 0 Å². The van der Waals surface area contributed by atoms with Crippen LogP contribution >= 0.6 is 0 Å². The van der Waals surface area contributed by atoms with Gasteiger partial charge in [0.15, 0.2) is 11.5 Å². The third-order valence-electron chi connectivity index (χ3n) is 3.57. The molecule has 0 radical (unpaired) electrons. The summed E-state index contributed by atoms with van der Waals surface area (Å²) in [6.45, 7) is 2.49. The zero-order valence-electron chi connectivity index (χ0n) is 16.0. The fourth-order valence-corrected chi connectivity index (χ4v) is 2.28. The second-order valence-corrected chi connectivity index (χ2v) is 5.43. The number of ether oxygens (including phenoxy) is 4. The van der Waals surface area contributed by atoms with Crippen LogP contribution in [0.1, 0.15) is 22.8 Å². The lowest BCUT2D eigenvalue weighted by atomic mass is 10.2. The van der Waals surface area contributed by atoms with E-state index in [0.29, 0.717) is 35.2 Å². The molecular weight excluding hydrogens is 360 g/mol. The lowest BCUT2D eigenvalue weighted by Crippen LogP contribution is -2.17. The van der Waals surface area contributed by atoms with E-state index in [4.69, 9.17) is 25.4 Å². The molecule has 0 fully saturated rings. The molecule has 7 nitrogen and oxygen atoms in total. The molecule has 0 saturated heterocycles. The molecule has 2 aromatic rings. The molecule has 7 heteroatoms. The molecule has 0 heterocycles. The number of methoxy groups -OCH3 is 2. The fraction of sp³-hybridized carbons (Fsp3) is 0.238. The largest absolute Gasteiger partial charge is 0.497 e. The van der Waals surface area contributed by atoms with Gasteiger partial charge < -0.3 is 18.9 Å². The number of hydrogen-bond acceptors (Lipinski definition) is 6. The SMILES string of the molecule is C#CCOc1ccc(C=NNC(=O)c2cc(OC)cc(OC)c2)cc1OCC. The van der Waals surface area contributed by atoms with Crippen molar-refractivity contribution >= 4 is 12.1 Å². The quantitative estimate of drug-likeness (QED) is 0.410. The number of benzene rings is 2. The molecular formula is C21H22N2O5. The summed E-state index contributed by atoms with van der Waals surface area (Å²) in [4.78, 5) is 12.3. The van der Waals surface area contributed by atoms with Crippen molar-refractivity contribution in [3.05, 3.63) is 47.5 Å². The monoisotopic (exact) mass is 382 g/mol. The molecule has 146 valence electrons. The van der Waals surface area contributed by atoms with Crippen LogP contribution in [-0.4, -0.2) is 39.6 Å². The molecule has 0 aliphatic heterocycles. The fourth-order valence-electron chi connectivity index (χ4n) is 2.28. The number of hydrazone groups is 1. The van der Waals surface area contributed by atoms with Crippen molar-refractivity contribution in [3.8, 4) is 35.3 Å². The smallest absolute Gasteiger partial charge is 0.271 e. The number of hydrogen-bond donors (Lipinski definition) is 1. The van der Waals surface area contributed by atoms with Crippen molar-refractivity contribution < 1.29 is 23.7 Å². The van der Waals surface area contributed by atoms with E-state index in [1.54, 1.807) is 36.4 Å². The molecule has 0 atom stereocenters. The number of nitrogens with zero attached hydrogens (tertiary/aromatic N) is 1. The molecule has 0 aliphatic carbocycles. The van der Waals surface area contributed by atoms with Gasteiger partial charge in [-0.15, -0.1) is 6.42 Å². The minimum Gasteiger partial charge on any atom is -0.497 e. The highest BCUT2D eigenvalue weighted by Gasteiger charge is 2.09. The molecule has 2 rings (SSSR count). The van der Waals surface area contributed by atoms with Crippen molar-refractivity contribution in [1.82, 2.24) is 5.43 Å². The van der Waals surface area contributed by atoms with Crippen molar-refractivity contribution in [2.24, 2.45) is 5.10 Å². The molecule has 2 aromatic carbocycles. The summed E-state index contributed by atoms with van der Waals surface area (Å²) in [5.74, 6) is 4.13. The third-order valence-corrected chi connectivity index (χ3v) is 3.57. The van der Waals surface area contributed by atoms with E-state index >= 15 is 0 Å². The number of terminal acetylenes is 1. The topological polar surface area (TPSA) is 78.4 Å². The van der Waals surface area contributed by atoms with E-state index < -0.39 is 5.91 Å². The van der Waals surface area contributed by atoms with Crippen LogP contribution in [0.4, 0.5) is 0 Å². The normalized spacial score (nSPS) is 10.2. The van der Waals surface area contributed by atoms with Crippen LogP contribution in [0.5, 0.6) is 23.0 Å². The van der Waals surface area contributed by atoms with Gasteiger partial charge >= 0.3 is 0 Å². The van der Waals surface area contributed by atoms with Crippen LogP contribution in [0.3, 0.4) is 0 Å². The lowest BCUT2D eigenvalue weighted by molar-refractivity contribution is 0.0954. The van der Waals surface area contributed by atoms with Gasteiger partial charge in [-0.05, 0) is 42.8 Å². The molecule has 1 amide bonds. The van der Waals surface area contributed by atoms with E-state index in [2.05, 4.69) is 16.4 Å². The van der Waals surface area contributed by atoms with Crippen LogP contribution in [0, 0.1) is 12.3 Å². The highest BCUT2D eigenvalue weighted by Crippen LogP contribution is 2.28. The molecule has 28 heavy (non-hydrogen) atoms. The molecule has 0 aromatic heterocycles. The van der Waals surface area contributed by atoms with Gasteiger partial charge in [-0.1, -0.05) is 5.92 Å². The van der Waals surface area contributed by atoms with Crippen molar-refractivity contribution in [2.75, 3.05) is 27.4 Å². The third kappa shape index (κ3) is 5.68. The van der Waals surface area contributed by atoms with Gasteiger partial charge in [-0.2, -0.15) is 5.10 Å². The summed E-state index contributed by atoms with van der Waals surface area (Å²) in [6.07, 6.45) is 6.72. The summed E-state index contributed by atoms with van der Waals surface area (Å²) >= 11 is 0. The van der Waals surface area contributed by atoms with Gasteiger partial charge in [0.2, 0.25) is 0 Å². The Kier molecular flexibility index (Phi) is 7.73. The number of amides is 1. The number of carbonyl (C=O) groups is 1. The predicted molar refractivity (Wildman–Crippen MR) is 107 cm³/mol. The highest BCUT2D eigenvalue weighted by atomic mass is 16.5. The molecule has 0 spiro atoms. The van der Waals surface area contributed by atoms with Gasteiger partial charge in [0.05, 0.1) is 27.0 Å². The van der Waals surface area contributed by atoms with Gasteiger partial charge in [0.25, 0.3) is 5.91 Å². The minimum absolute atomic E-state index is 0.146. The first-order chi connectivity index (χ1) is 13.6. The van der Waals surface area contributed by atoms with Crippen molar-refractivity contribution in [3.63, 3.8) is 0 Å². The van der Waals surface area contributed by atoms with E-state index in [9.17, 15) is 4.79 Å². The van der Waals surface area contributed by atoms with Gasteiger partial charge in [-0.25, -0.2) is 5.43 Å². The van der Waals surface area contributed by atoms with Gasteiger partial charge in [-0.3, -0.25) is 4.79 Å². The second kappa shape index (κ2) is 10.5. The second-order valence-electron chi connectivity index (χ2n) is 5.43. The van der Waals surface area contributed by atoms with Crippen LogP contribution in [0.2, 0.25) is 0 Å². The predicted octanol–water partition coefficient (Wildman–Crippen LogP) is 2.88. The average molecular weight is 382 g/mol. The average Bonchev–Trinajstić information content (AvgIpc) is 2.72. The summed E-state index contributed by atoms with van der Waals surface area (Å²) in [6, 6.07) is 10.1. The Morgan fingerprint density at radius 1 is 1.11 bits per heavy atom. The Labute approximate surface area is 164 Å². The summed E-state index contributed by atoms with van der Waals surface area (Å²) in [7, 11) is 3.03. The standard InChI is InChI=1S/C21H22N2O5/c1-5-9-28-19-8-7-15(10-20(19)27-6-2)14-22-23-21(24)16-11-17(25-3)13-18(12-16)26-4/h1,7-8,10-14H,6,9H2,2-4H3,(H,23,24). The Morgan fingerprint density at radius 2 is 1.82 bits per heavy atom. The van der Waals surface area contributed by atoms with Crippen LogP contribution in [0.15, 0.2) is 41.5 Å². The van der Waals surface area contributed by atoms with E-state index in [1.165, 1.54) is 20.4 Å². The molecule has 0 unspecified atom stereocenters. The first-order valence-electron chi connectivity index (χ1n) is 8.50. The van der Waals surface area contributed by atoms with E-state index in [0.717, 1.165) is 5.56 Å². The maximum atomic E-state index is 12.3. The molecule has 0 aliphatic rings. The number of rotatable bonds is 9.